The fraction of sp³-hybridized carbons (Fsp3) is 0.333. The average molecular weight is 392 g/mol. The summed E-state index contributed by atoms with van der Waals surface area (Å²) in [6, 6.07) is 8.56. The number of nitrogens with zero attached hydrogens (tertiary/aromatic N) is 2. The number of aromatic nitrogens is 1. The van der Waals surface area contributed by atoms with Gasteiger partial charge in [-0.15, -0.1) is 0 Å². The molecule has 0 atom stereocenters. The van der Waals surface area contributed by atoms with Crippen molar-refractivity contribution in [3.63, 3.8) is 0 Å². The van der Waals surface area contributed by atoms with Gasteiger partial charge in [-0.25, -0.2) is 22.1 Å². The molecule has 3 rings (SSSR count). The minimum Gasteiger partial charge on any atom is -0.383 e. The Kier molecular flexibility index (Phi) is 5.43. The first-order chi connectivity index (χ1) is 12.7. The van der Waals surface area contributed by atoms with Gasteiger partial charge in [0.05, 0.1) is 11.8 Å². The molecule has 1 fully saturated rings. The van der Waals surface area contributed by atoms with Gasteiger partial charge in [0.25, 0.3) is 0 Å². The summed E-state index contributed by atoms with van der Waals surface area (Å²) in [6.07, 6.45) is 2.52. The van der Waals surface area contributed by atoms with Crippen LogP contribution in [0.2, 0.25) is 0 Å². The highest BCUT2D eigenvalue weighted by atomic mass is 32.2. The monoisotopic (exact) mass is 392 g/mol. The van der Waals surface area contributed by atoms with E-state index in [1.807, 2.05) is 0 Å². The van der Waals surface area contributed by atoms with E-state index in [1.165, 1.54) is 34.8 Å². The highest BCUT2D eigenvalue weighted by Gasteiger charge is 2.25. The van der Waals surface area contributed by atoms with E-state index in [1.54, 1.807) is 12.1 Å². The first kappa shape index (κ1) is 19.2. The fourth-order valence-electron chi connectivity index (χ4n) is 3.04. The second-order valence-electron chi connectivity index (χ2n) is 6.55. The van der Waals surface area contributed by atoms with Crippen molar-refractivity contribution < 1.29 is 17.6 Å². The number of rotatable bonds is 5. The van der Waals surface area contributed by atoms with E-state index < -0.39 is 15.8 Å². The normalized spacial score (nSPS) is 16.2. The highest BCUT2D eigenvalue weighted by Crippen LogP contribution is 2.21. The molecule has 0 bridgehead atoms. The van der Waals surface area contributed by atoms with E-state index in [4.69, 9.17) is 5.73 Å². The summed E-state index contributed by atoms with van der Waals surface area (Å²) in [6.45, 7) is 0.903. The standard InChI is InChI=1S/C18H21FN4O3S/c1-27(25,26)23-10-8-14(9-11-23)21-16-7-6-15(18(20)22-16)17(24)12-2-4-13(19)5-3-12/h2-7,14H,8-11H2,1H3,(H3,20,21,22). The zero-order valence-corrected chi connectivity index (χ0v) is 15.7. The summed E-state index contributed by atoms with van der Waals surface area (Å²) in [5, 5.41) is 3.23. The molecule has 1 aromatic carbocycles. The number of carbonyl (C=O) groups is 1. The molecule has 144 valence electrons. The molecule has 0 unspecified atom stereocenters. The second-order valence-corrected chi connectivity index (χ2v) is 8.53. The summed E-state index contributed by atoms with van der Waals surface area (Å²) in [5.41, 5.74) is 6.52. The largest absolute Gasteiger partial charge is 0.383 e. The van der Waals surface area contributed by atoms with Gasteiger partial charge in [-0.3, -0.25) is 4.79 Å². The molecular formula is C18H21FN4O3S. The molecule has 1 saturated heterocycles. The number of hydrogen-bond donors (Lipinski definition) is 2. The lowest BCUT2D eigenvalue weighted by atomic mass is 10.0. The number of sulfonamides is 1. The van der Waals surface area contributed by atoms with Crippen LogP contribution < -0.4 is 11.1 Å². The number of hydrogen-bond acceptors (Lipinski definition) is 6. The maximum absolute atomic E-state index is 13.0. The maximum atomic E-state index is 13.0. The Bertz CT molecular complexity index is 940. The third kappa shape index (κ3) is 4.61. The van der Waals surface area contributed by atoms with Crippen molar-refractivity contribution in [3.05, 3.63) is 53.3 Å². The molecule has 2 aromatic rings. The van der Waals surface area contributed by atoms with E-state index in [-0.39, 0.29) is 23.2 Å². The smallest absolute Gasteiger partial charge is 0.211 e. The van der Waals surface area contributed by atoms with E-state index in [0.29, 0.717) is 37.3 Å². The lowest BCUT2D eigenvalue weighted by Crippen LogP contribution is -2.41. The Balaban J connectivity index is 1.67. The van der Waals surface area contributed by atoms with Crippen LogP contribution in [-0.4, -0.2) is 48.9 Å². The van der Waals surface area contributed by atoms with Crippen LogP contribution in [0, 0.1) is 5.82 Å². The maximum Gasteiger partial charge on any atom is 0.211 e. The van der Waals surface area contributed by atoms with Gasteiger partial charge in [0.2, 0.25) is 10.0 Å². The van der Waals surface area contributed by atoms with Gasteiger partial charge < -0.3 is 11.1 Å². The summed E-state index contributed by atoms with van der Waals surface area (Å²) < 4.78 is 37.6. The van der Waals surface area contributed by atoms with Crippen LogP contribution in [0.15, 0.2) is 36.4 Å². The van der Waals surface area contributed by atoms with Crippen molar-refractivity contribution in [1.29, 1.82) is 0 Å². The zero-order valence-electron chi connectivity index (χ0n) is 14.9. The number of nitrogens with two attached hydrogens (primary N) is 1. The topological polar surface area (TPSA) is 105 Å². The van der Waals surface area contributed by atoms with Gasteiger partial charge in [-0.1, -0.05) is 0 Å². The van der Waals surface area contributed by atoms with Crippen LogP contribution in [0.25, 0.3) is 0 Å². The minimum atomic E-state index is -3.16. The first-order valence-electron chi connectivity index (χ1n) is 8.52. The first-order valence-corrected chi connectivity index (χ1v) is 10.4. The second kappa shape index (κ2) is 7.61. The van der Waals surface area contributed by atoms with Crippen molar-refractivity contribution >= 4 is 27.4 Å². The molecule has 2 heterocycles. The minimum absolute atomic E-state index is 0.0774. The zero-order chi connectivity index (χ0) is 19.6. The van der Waals surface area contributed by atoms with Gasteiger partial charge in [0, 0.05) is 24.7 Å². The number of halogens is 1. The van der Waals surface area contributed by atoms with Crippen LogP contribution in [0.4, 0.5) is 16.0 Å². The van der Waals surface area contributed by atoms with E-state index >= 15 is 0 Å². The van der Waals surface area contributed by atoms with Gasteiger partial charge in [-0.2, -0.15) is 0 Å². The van der Waals surface area contributed by atoms with Gasteiger partial charge in [0.1, 0.15) is 17.5 Å². The number of ketones is 1. The Hall–Kier alpha value is -2.52. The molecule has 0 radical (unpaired) electrons. The van der Waals surface area contributed by atoms with Crippen molar-refractivity contribution in [2.75, 3.05) is 30.4 Å². The number of piperidine rings is 1. The number of pyridine rings is 1. The third-order valence-corrected chi connectivity index (χ3v) is 5.85. The van der Waals surface area contributed by atoms with Gasteiger partial charge in [-0.05, 0) is 49.2 Å². The third-order valence-electron chi connectivity index (χ3n) is 4.55. The number of carbonyl (C=O) groups excluding carboxylic acids is 1. The number of nitrogens with one attached hydrogen (secondary N) is 1. The van der Waals surface area contributed by atoms with Crippen molar-refractivity contribution in [2.24, 2.45) is 0 Å². The summed E-state index contributed by atoms with van der Waals surface area (Å²) in [5.74, 6) is -0.129. The molecule has 1 aliphatic rings. The van der Waals surface area contributed by atoms with Crippen LogP contribution in [0.5, 0.6) is 0 Å². The van der Waals surface area contributed by atoms with Crippen LogP contribution in [-0.2, 0) is 10.0 Å². The molecule has 3 N–H and O–H groups in total. The fourth-order valence-corrected chi connectivity index (χ4v) is 3.92. The van der Waals surface area contributed by atoms with E-state index in [0.717, 1.165) is 0 Å². The average Bonchev–Trinajstić information content (AvgIpc) is 2.62. The molecule has 9 heteroatoms. The Labute approximate surface area is 157 Å². The van der Waals surface area contributed by atoms with Crippen LogP contribution >= 0.6 is 0 Å². The molecular weight excluding hydrogens is 371 g/mol. The molecule has 0 amide bonds. The van der Waals surface area contributed by atoms with Crippen LogP contribution in [0.1, 0.15) is 28.8 Å². The van der Waals surface area contributed by atoms with Gasteiger partial charge >= 0.3 is 0 Å². The predicted octanol–water partition coefficient (Wildman–Crippen LogP) is 1.87. The van der Waals surface area contributed by atoms with Crippen molar-refractivity contribution in [1.82, 2.24) is 9.29 Å². The van der Waals surface area contributed by atoms with Gasteiger partial charge in [0.15, 0.2) is 5.78 Å². The molecule has 1 aliphatic heterocycles. The van der Waals surface area contributed by atoms with E-state index in [9.17, 15) is 17.6 Å². The Morgan fingerprint density at radius 1 is 1.19 bits per heavy atom. The predicted molar refractivity (Wildman–Crippen MR) is 102 cm³/mol. The number of anilines is 2. The summed E-state index contributed by atoms with van der Waals surface area (Å²) in [7, 11) is -3.16. The lowest BCUT2D eigenvalue weighted by molar-refractivity contribution is 0.103. The summed E-state index contributed by atoms with van der Waals surface area (Å²) in [4.78, 5) is 16.7. The van der Waals surface area contributed by atoms with Crippen molar-refractivity contribution in [3.8, 4) is 0 Å². The molecule has 7 nitrogen and oxygen atoms in total. The molecule has 27 heavy (non-hydrogen) atoms. The lowest BCUT2D eigenvalue weighted by Gasteiger charge is -2.31. The summed E-state index contributed by atoms with van der Waals surface area (Å²) >= 11 is 0. The molecule has 0 aliphatic carbocycles. The van der Waals surface area contributed by atoms with Crippen LogP contribution in [0.3, 0.4) is 0 Å². The molecule has 1 aromatic heterocycles. The van der Waals surface area contributed by atoms with Crippen molar-refractivity contribution in [2.45, 2.75) is 18.9 Å². The molecule has 0 spiro atoms. The Morgan fingerprint density at radius 2 is 1.81 bits per heavy atom. The number of benzene rings is 1. The Morgan fingerprint density at radius 3 is 2.37 bits per heavy atom. The SMILES string of the molecule is CS(=O)(=O)N1CCC(Nc2ccc(C(=O)c3ccc(F)cc3)c(N)n2)CC1. The quantitative estimate of drug-likeness (QED) is 0.753. The number of nitrogen functional groups attached to an aromatic ring is 1. The molecule has 0 saturated carbocycles. The van der Waals surface area contributed by atoms with E-state index in [2.05, 4.69) is 10.3 Å². The highest BCUT2D eigenvalue weighted by molar-refractivity contribution is 7.88.